The van der Waals surface area contributed by atoms with Crippen molar-refractivity contribution in [3.63, 3.8) is 0 Å². The number of benzene rings is 10. The maximum atomic E-state index is 7.29. The highest BCUT2D eigenvalue weighted by Gasteiger charge is 2.32. The summed E-state index contributed by atoms with van der Waals surface area (Å²) < 4.78 is 27.3. The maximum absolute atomic E-state index is 7.29. The lowest BCUT2D eigenvalue weighted by molar-refractivity contribution is 0.00144. The summed E-state index contributed by atoms with van der Waals surface area (Å²) in [7, 11) is 0. The molecule has 13 rings (SSSR count). The van der Waals surface area contributed by atoms with Gasteiger partial charge in [-0.25, -0.2) is 0 Å². The molecule has 0 saturated carbocycles. The molecule has 0 radical (unpaired) electrons. The normalized spacial score (nSPS) is 14.7. The Morgan fingerprint density at radius 2 is 1.01 bits per heavy atom. The highest BCUT2D eigenvalue weighted by atomic mass is 16.7. The highest BCUT2D eigenvalue weighted by molar-refractivity contribution is 6.04. The first-order valence-corrected chi connectivity index (χ1v) is 23.9. The quantitative estimate of drug-likeness (QED) is 0.128. The lowest BCUT2D eigenvalue weighted by atomic mass is 9.96. The lowest BCUT2D eigenvalue weighted by Gasteiger charge is -2.34. The molecule has 2 unspecified atom stereocenters. The molecule has 2 aliphatic rings. The van der Waals surface area contributed by atoms with Crippen LogP contribution in [-0.4, -0.2) is 22.4 Å². The fourth-order valence-electron chi connectivity index (χ4n) is 9.71. The van der Waals surface area contributed by atoms with Crippen LogP contribution < -0.4 is 24.7 Å². The van der Waals surface area contributed by atoms with Gasteiger partial charge in [-0.3, -0.25) is 5.43 Å². The molecule has 10 heteroatoms. The topological polar surface area (TPSA) is 97.5 Å². The Bertz CT molecular complexity index is 3670. The summed E-state index contributed by atoms with van der Waals surface area (Å²) in [5.74, 6) is 2.74. The number of rotatable bonds is 12. The van der Waals surface area contributed by atoms with Gasteiger partial charge < -0.3 is 28.4 Å². The SMILES string of the molecule is c1ccc(-c2nnc(-c3cc(CC4Oc5cc(N(c6ccccc6)c6ccccc6)cc6ccc(N(c7ccccc7)c7ccccc7)c(c56)O4)c4cc(C5=NNC(c6ccccc6)O5)ccc4c3)o2)cc1. The smallest absolute Gasteiger partial charge is 0.248 e. The Morgan fingerprint density at radius 1 is 0.444 bits per heavy atom. The van der Waals surface area contributed by atoms with E-state index in [2.05, 4.69) is 176 Å². The van der Waals surface area contributed by atoms with Crippen molar-refractivity contribution in [2.45, 2.75) is 18.9 Å². The van der Waals surface area contributed by atoms with Crippen LogP contribution in [0.5, 0.6) is 11.5 Å². The van der Waals surface area contributed by atoms with E-state index < -0.39 is 12.5 Å². The van der Waals surface area contributed by atoms with Gasteiger partial charge in [0.05, 0.1) is 16.8 Å². The fourth-order valence-corrected chi connectivity index (χ4v) is 9.71. The summed E-state index contributed by atoms with van der Waals surface area (Å²) in [5, 5.41) is 17.4. The predicted molar refractivity (Wildman–Crippen MR) is 285 cm³/mol. The third kappa shape index (κ3) is 8.06. The molecule has 0 spiro atoms. The summed E-state index contributed by atoms with van der Waals surface area (Å²) >= 11 is 0. The van der Waals surface area contributed by atoms with Gasteiger partial charge in [0.15, 0.2) is 5.75 Å². The second kappa shape index (κ2) is 18.3. The van der Waals surface area contributed by atoms with Gasteiger partial charge in [-0.1, -0.05) is 133 Å². The molecule has 72 heavy (non-hydrogen) atoms. The molecule has 10 nitrogen and oxygen atoms in total. The van der Waals surface area contributed by atoms with E-state index >= 15 is 0 Å². The van der Waals surface area contributed by atoms with Crippen molar-refractivity contribution in [3.05, 3.63) is 253 Å². The molecule has 0 saturated heterocycles. The van der Waals surface area contributed by atoms with Gasteiger partial charge in [-0.15, -0.1) is 15.3 Å². The van der Waals surface area contributed by atoms with Gasteiger partial charge >= 0.3 is 0 Å². The molecular weight excluding hydrogens is 893 g/mol. The van der Waals surface area contributed by atoms with E-state index in [1.807, 2.05) is 91.0 Å². The number of para-hydroxylation sites is 4. The predicted octanol–water partition coefficient (Wildman–Crippen LogP) is 15.0. The van der Waals surface area contributed by atoms with E-state index in [1.54, 1.807) is 0 Å². The van der Waals surface area contributed by atoms with Crippen LogP contribution in [0.2, 0.25) is 0 Å². The Kier molecular flexibility index (Phi) is 10.8. The highest BCUT2D eigenvalue weighted by Crippen LogP contribution is 2.51. The molecule has 0 amide bonds. The summed E-state index contributed by atoms with van der Waals surface area (Å²) in [5.41, 5.74) is 13.4. The number of aromatic nitrogens is 2. The van der Waals surface area contributed by atoms with Gasteiger partial charge in [0.2, 0.25) is 30.2 Å². The largest absolute Gasteiger partial charge is 0.454 e. The molecule has 3 heterocycles. The van der Waals surface area contributed by atoms with Gasteiger partial charge in [0, 0.05) is 57.5 Å². The molecule has 1 aromatic heterocycles. The first kappa shape index (κ1) is 42.4. The molecular formula is C62H44N6O4. The summed E-state index contributed by atoms with van der Waals surface area (Å²) in [6.07, 6.45) is -0.864. The van der Waals surface area contributed by atoms with E-state index in [0.29, 0.717) is 35.6 Å². The molecule has 346 valence electrons. The van der Waals surface area contributed by atoms with E-state index in [0.717, 1.165) is 83.5 Å². The average molecular weight is 937 g/mol. The minimum Gasteiger partial charge on any atom is -0.454 e. The van der Waals surface area contributed by atoms with Crippen molar-refractivity contribution in [1.82, 2.24) is 15.6 Å². The van der Waals surface area contributed by atoms with Crippen molar-refractivity contribution >= 4 is 61.6 Å². The summed E-state index contributed by atoms with van der Waals surface area (Å²) in [6.45, 7) is 0. The summed E-state index contributed by atoms with van der Waals surface area (Å²) in [6, 6.07) is 80.5. The van der Waals surface area contributed by atoms with Crippen LogP contribution in [0, 0.1) is 0 Å². The second-order valence-corrected chi connectivity index (χ2v) is 17.6. The molecule has 11 aromatic rings. The average Bonchev–Trinajstić information content (AvgIpc) is 4.16. The van der Waals surface area contributed by atoms with Crippen molar-refractivity contribution < 1.29 is 18.6 Å². The van der Waals surface area contributed by atoms with Crippen molar-refractivity contribution in [2.75, 3.05) is 9.80 Å². The number of anilines is 6. The number of hydrogen-bond donors (Lipinski definition) is 1. The van der Waals surface area contributed by atoms with E-state index in [9.17, 15) is 0 Å². The number of hydrazone groups is 1. The van der Waals surface area contributed by atoms with Crippen LogP contribution in [0.3, 0.4) is 0 Å². The maximum Gasteiger partial charge on any atom is 0.248 e. The number of nitrogens with zero attached hydrogens (tertiary/aromatic N) is 5. The van der Waals surface area contributed by atoms with Crippen molar-refractivity contribution in [3.8, 4) is 34.4 Å². The van der Waals surface area contributed by atoms with Crippen LogP contribution >= 0.6 is 0 Å². The second-order valence-electron chi connectivity index (χ2n) is 17.6. The monoisotopic (exact) mass is 936 g/mol. The zero-order chi connectivity index (χ0) is 47.8. The third-order valence-electron chi connectivity index (χ3n) is 13.0. The third-order valence-corrected chi connectivity index (χ3v) is 13.0. The molecule has 0 fully saturated rings. The summed E-state index contributed by atoms with van der Waals surface area (Å²) in [4.78, 5) is 4.51. The zero-order valence-corrected chi connectivity index (χ0v) is 38.7. The molecule has 0 aliphatic carbocycles. The molecule has 2 aliphatic heterocycles. The number of fused-ring (bicyclic) bond motifs is 1. The number of nitrogens with one attached hydrogen (secondary N) is 1. The zero-order valence-electron chi connectivity index (χ0n) is 38.7. The van der Waals surface area contributed by atoms with Gasteiger partial charge in [-0.2, -0.15) is 0 Å². The molecule has 0 bridgehead atoms. The standard InChI is InChI=1S/C62H44N6O4/c1-7-19-41(20-8-1)59-63-65-61(71-59)45-32-31-43-35-47(62-66-64-60(72-62)42-21-9-2-10-22-42)36-46(53(43)38-45)39-56-69-55-40-52(67(48-23-11-3-12-24-48)49-25-13-4-14-26-49)37-44-33-34-54(58(70-56)57(44)55)68(50-27-15-5-16-28-50)51-29-17-6-18-30-51/h1-38,40,56,59,63H,39H2. The van der Waals surface area contributed by atoms with Crippen molar-refractivity contribution in [2.24, 2.45) is 5.10 Å². The lowest BCUT2D eigenvalue weighted by Crippen LogP contribution is -2.30. The number of ether oxygens (including phenoxy) is 3. The van der Waals surface area contributed by atoms with E-state index in [1.165, 1.54) is 0 Å². The minimum atomic E-state index is -0.790. The van der Waals surface area contributed by atoms with Crippen LogP contribution in [0.4, 0.5) is 34.1 Å². The van der Waals surface area contributed by atoms with Crippen LogP contribution in [0.1, 0.15) is 22.9 Å². The van der Waals surface area contributed by atoms with Gasteiger partial charge in [-0.05, 0) is 119 Å². The first-order chi connectivity index (χ1) is 35.7. The molecule has 1 N–H and O–H groups in total. The van der Waals surface area contributed by atoms with Gasteiger partial charge in [0.1, 0.15) is 5.75 Å². The van der Waals surface area contributed by atoms with Crippen LogP contribution in [-0.2, 0) is 11.2 Å². The fraction of sp³-hybridized carbons (Fsp3) is 0.0484. The minimum absolute atomic E-state index is 0.336. The first-order valence-electron chi connectivity index (χ1n) is 23.9. The molecule has 2 atom stereocenters. The number of hydrogen-bond acceptors (Lipinski definition) is 10. The Labute approximate surface area is 415 Å². The molecule has 10 aromatic carbocycles. The Hall–Kier alpha value is -9.67. The van der Waals surface area contributed by atoms with E-state index in [4.69, 9.17) is 18.6 Å². The van der Waals surface area contributed by atoms with Crippen LogP contribution in [0.15, 0.2) is 246 Å². The van der Waals surface area contributed by atoms with Crippen molar-refractivity contribution in [1.29, 1.82) is 0 Å². The Balaban J connectivity index is 0.962. The van der Waals surface area contributed by atoms with Crippen LogP contribution in [0.25, 0.3) is 44.5 Å². The Morgan fingerprint density at radius 3 is 1.65 bits per heavy atom. The van der Waals surface area contributed by atoms with Gasteiger partial charge in [0.25, 0.3) is 0 Å². The van der Waals surface area contributed by atoms with E-state index in [-0.39, 0.29) is 0 Å².